The van der Waals surface area contributed by atoms with Crippen LogP contribution in [-0.2, 0) is 11.2 Å². The first-order valence-electron chi connectivity index (χ1n) is 10.4. The Bertz CT molecular complexity index is 941. The number of halogens is 1. The minimum Gasteiger partial charge on any atom is -0.507 e. The van der Waals surface area contributed by atoms with Crippen molar-refractivity contribution in [3.05, 3.63) is 65.0 Å². The third kappa shape index (κ3) is 6.11. The van der Waals surface area contributed by atoms with Gasteiger partial charge in [0.15, 0.2) is 0 Å². The maximum Gasteiger partial charge on any atom is 0.254 e. The van der Waals surface area contributed by atoms with Gasteiger partial charge in [0, 0.05) is 37.3 Å². The second-order valence-corrected chi connectivity index (χ2v) is 7.48. The van der Waals surface area contributed by atoms with Crippen LogP contribution in [0, 0.1) is 5.82 Å². The van der Waals surface area contributed by atoms with Crippen molar-refractivity contribution < 1.29 is 19.1 Å². The molecular formula is C23H27FN4O3. The summed E-state index contributed by atoms with van der Waals surface area (Å²) in [6.07, 6.45) is 2.57. The van der Waals surface area contributed by atoms with Crippen LogP contribution in [-0.4, -0.2) is 65.7 Å². The van der Waals surface area contributed by atoms with Crippen molar-refractivity contribution in [1.29, 1.82) is 0 Å². The van der Waals surface area contributed by atoms with Gasteiger partial charge < -0.3 is 10.0 Å². The Morgan fingerprint density at radius 2 is 1.87 bits per heavy atom. The lowest BCUT2D eigenvalue weighted by atomic mass is 10.1. The minimum absolute atomic E-state index is 0.00774. The van der Waals surface area contributed by atoms with Gasteiger partial charge in [-0.1, -0.05) is 31.5 Å². The summed E-state index contributed by atoms with van der Waals surface area (Å²) in [7, 11) is 0. The van der Waals surface area contributed by atoms with E-state index < -0.39 is 5.82 Å². The van der Waals surface area contributed by atoms with Gasteiger partial charge in [-0.2, -0.15) is 5.10 Å². The Labute approximate surface area is 181 Å². The highest BCUT2D eigenvalue weighted by atomic mass is 19.1. The molecule has 0 aliphatic carbocycles. The lowest BCUT2D eigenvalue weighted by molar-refractivity contribution is -0.122. The third-order valence-corrected chi connectivity index (χ3v) is 5.14. The number of nitrogens with zero attached hydrogens (tertiary/aromatic N) is 3. The average molecular weight is 426 g/mol. The van der Waals surface area contributed by atoms with E-state index in [-0.39, 0.29) is 29.7 Å². The number of aromatic hydroxyl groups is 1. The van der Waals surface area contributed by atoms with Crippen LogP contribution in [0.25, 0.3) is 0 Å². The molecule has 0 spiro atoms. The molecule has 7 nitrogen and oxygen atoms in total. The molecule has 2 amide bonds. The lowest BCUT2D eigenvalue weighted by Crippen LogP contribution is -2.50. The van der Waals surface area contributed by atoms with Gasteiger partial charge in [0.25, 0.3) is 11.8 Å². The van der Waals surface area contributed by atoms with Gasteiger partial charge in [-0.3, -0.25) is 14.5 Å². The number of benzene rings is 2. The summed E-state index contributed by atoms with van der Waals surface area (Å²) in [5.74, 6) is -0.812. The van der Waals surface area contributed by atoms with E-state index in [4.69, 9.17) is 0 Å². The molecule has 1 heterocycles. The number of hydrazone groups is 1. The predicted molar refractivity (Wildman–Crippen MR) is 117 cm³/mol. The predicted octanol–water partition coefficient (Wildman–Crippen LogP) is 2.39. The number of hydrogen-bond donors (Lipinski definition) is 2. The molecule has 2 aromatic carbocycles. The average Bonchev–Trinajstić information content (AvgIpc) is 2.77. The summed E-state index contributed by atoms with van der Waals surface area (Å²) >= 11 is 0. The molecule has 1 aliphatic rings. The first kappa shape index (κ1) is 22.4. The molecule has 1 aliphatic heterocycles. The number of amides is 2. The minimum atomic E-state index is -0.461. The molecule has 0 unspecified atom stereocenters. The molecule has 1 saturated heterocycles. The summed E-state index contributed by atoms with van der Waals surface area (Å²) in [5.41, 5.74) is 3.80. The van der Waals surface area contributed by atoms with E-state index in [2.05, 4.69) is 10.5 Å². The molecule has 0 saturated carbocycles. The van der Waals surface area contributed by atoms with Crippen LogP contribution in [0.4, 0.5) is 4.39 Å². The molecule has 1 fully saturated rings. The normalized spacial score (nSPS) is 14.7. The summed E-state index contributed by atoms with van der Waals surface area (Å²) < 4.78 is 13.7. The Kier molecular flexibility index (Phi) is 7.72. The number of carbonyl (C=O) groups is 2. The summed E-state index contributed by atoms with van der Waals surface area (Å²) in [6.45, 7) is 4.33. The zero-order valence-corrected chi connectivity index (χ0v) is 17.6. The topological polar surface area (TPSA) is 85.2 Å². The van der Waals surface area contributed by atoms with E-state index in [0.717, 1.165) is 6.42 Å². The fraction of sp³-hybridized carbons (Fsp3) is 0.348. The summed E-state index contributed by atoms with van der Waals surface area (Å²) in [5, 5.41) is 14.1. The molecule has 164 valence electrons. The highest BCUT2D eigenvalue weighted by Gasteiger charge is 2.23. The van der Waals surface area contributed by atoms with Gasteiger partial charge in [0.2, 0.25) is 0 Å². The van der Waals surface area contributed by atoms with Crippen molar-refractivity contribution in [2.45, 2.75) is 19.8 Å². The summed E-state index contributed by atoms with van der Waals surface area (Å²) in [6, 6.07) is 11.6. The monoisotopic (exact) mass is 426 g/mol. The molecule has 31 heavy (non-hydrogen) atoms. The fourth-order valence-electron chi connectivity index (χ4n) is 3.52. The third-order valence-electron chi connectivity index (χ3n) is 5.14. The van der Waals surface area contributed by atoms with Crippen LogP contribution < -0.4 is 5.43 Å². The Morgan fingerprint density at radius 3 is 2.55 bits per heavy atom. The van der Waals surface area contributed by atoms with Crippen molar-refractivity contribution in [2.75, 3.05) is 32.7 Å². The maximum absolute atomic E-state index is 13.7. The van der Waals surface area contributed by atoms with E-state index in [0.29, 0.717) is 43.7 Å². The van der Waals surface area contributed by atoms with Gasteiger partial charge in [-0.15, -0.1) is 0 Å². The Balaban J connectivity index is 1.47. The number of rotatable bonds is 7. The van der Waals surface area contributed by atoms with Crippen LogP contribution in [0.15, 0.2) is 47.6 Å². The van der Waals surface area contributed by atoms with Crippen molar-refractivity contribution >= 4 is 18.0 Å². The van der Waals surface area contributed by atoms with Crippen LogP contribution in [0.5, 0.6) is 5.75 Å². The van der Waals surface area contributed by atoms with Crippen LogP contribution in [0.1, 0.15) is 34.8 Å². The van der Waals surface area contributed by atoms with E-state index >= 15 is 0 Å². The highest BCUT2D eigenvalue weighted by molar-refractivity contribution is 5.94. The first-order chi connectivity index (χ1) is 15.0. The molecule has 2 aromatic rings. The van der Waals surface area contributed by atoms with Crippen molar-refractivity contribution in [1.82, 2.24) is 15.2 Å². The lowest BCUT2D eigenvalue weighted by Gasteiger charge is -2.34. The van der Waals surface area contributed by atoms with Crippen molar-refractivity contribution in [2.24, 2.45) is 5.10 Å². The number of nitrogens with one attached hydrogen (secondary N) is 1. The van der Waals surface area contributed by atoms with Gasteiger partial charge in [0.1, 0.15) is 11.6 Å². The van der Waals surface area contributed by atoms with Crippen molar-refractivity contribution in [3.63, 3.8) is 0 Å². The number of piperazine rings is 1. The zero-order chi connectivity index (χ0) is 22.2. The SMILES string of the molecule is CCCc1cc(F)cc(/C=N\NC(=O)CN2CCN(C(=O)c3ccccc3)CC2)c1O. The second kappa shape index (κ2) is 10.7. The quantitative estimate of drug-likeness (QED) is 0.526. The van der Waals surface area contributed by atoms with Gasteiger partial charge in [-0.25, -0.2) is 9.82 Å². The molecule has 0 bridgehead atoms. The maximum atomic E-state index is 13.7. The number of phenols is 1. The smallest absolute Gasteiger partial charge is 0.254 e. The first-order valence-corrected chi connectivity index (χ1v) is 10.4. The Morgan fingerprint density at radius 1 is 1.16 bits per heavy atom. The number of phenolic OH excluding ortho intramolecular Hbond substituents is 1. The van der Waals surface area contributed by atoms with E-state index in [9.17, 15) is 19.1 Å². The molecule has 0 radical (unpaired) electrons. The van der Waals surface area contributed by atoms with Crippen LogP contribution in [0.2, 0.25) is 0 Å². The largest absolute Gasteiger partial charge is 0.507 e. The zero-order valence-electron chi connectivity index (χ0n) is 17.6. The van der Waals surface area contributed by atoms with E-state index in [1.807, 2.05) is 30.0 Å². The number of aryl methyl sites for hydroxylation is 1. The highest BCUT2D eigenvalue weighted by Crippen LogP contribution is 2.24. The van der Waals surface area contributed by atoms with Crippen molar-refractivity contribution in [3.8, 4) is 5.75 Å². The van der Waals surface area contributed by atoms with E-state index in [1.165, 1.54) is 18.3 Å². The second-order valence-electron chi connectivity index (χ2n) is 7.48. The molecule has 3 rings (SSSR count). The number of hydrogen-bond acceptors (Lipinski definition) is 5. The summed E-state index contributed by atoms with van der Waals surface area (Å²) in [4.78, 5) is 28.4. The van der Waals surface area contributed by atoms with Gasteiger partial charge >= 0.3 is 0 Å². The fourth-order valence-corrected chi connectivity index (χ4v) is 3.52. The molecular weight excluding hydrogens is 399 g/mol. The number of carbonyl (C=O) groups excluding carboxylic acids is 2. The molecule has 8 heteroatoms. The molecule has 0 aromatic heterocycles. The molecule has 0 atom stereocenters. The molecule has 2 N–H and O–H groups in total. The van der Waals surface area contributed by atoms with E-state index in [1.54, 1.807) is 17.0 Å². The van der Waals surface area contributed by atoms with Gasteiger partial charge in [0.05, 0.1) is 12.8 Å². The van der Waals surface area contributed by atoms with Crippen LogP contribution in [0.3, 0.4) is 0 Å². The van der Waals surface area contributed by atoms with Gasteiger partial charge in [-0.05, 0) is 36.2 Å². The van der Waals surface area contributed by atoms with Crippen LogP contribution >= 0.6 is 0 Å². The Hall–Kier alpha value is -3.26. The standard InChI is InChI=1S/C23H27FN4O3/c1-2-6-18-13-20(24)14-19(22(18)30)15-25-26-21(29)16-27-9-11-28(12-10-27)23(31)17-7-4-3-5-8-17/h3-5,7-8,13-15,30H,2,6,9-12,16H2,1H3,(H,26,29)/b25-15-.